The summed E-state index contributed by atoms with van der Waals surface area (Å²) in [6.07, 6.45) is 1.67. The van der Waals surface area contributed by atoms with E-state index >= 15 is 0 Å². The molecule has 0 saturated heterocycles. The minimum Gasteiger partial charge on any atom is -0.489 e. The molecule has 3 aromatic rings. The van der Waals surface area contributed by atoms with E-state index in [0.29, 0.717) is 18.0 Å². The maximum absolute atomic E-state index is 12.2. The zero-order valence-electron chi connectivity index (χ0n) is 13.4. The molecule has 0 aliphatic carbocycles. The van der Waals surface area contributed by atoms with E-state index in [-0.39, 0.29) is 5.91 Å². The van der Waals surface area contributed by atoms with Crippen LogP contribution < -0.4 is 10.1 Å². The summed E-state index contributed by atoms with van der Waals surface area (Å²) in [6.45, 7) is 2.45. The molecule has 0 unspecified atom stereocenters. The van der Waals surface area contributed by atoms with Gasteiger partial charge < -0.3 is 10.1 Å². The highest BCUT2D eigenvalue weighted by Gasteiger charge is 2.07. The van der Waals surface area contributed by atoms with E-state index in [2.05, 4.69) is 10.3 Å². The molecule has 0 bridgehead atoms. The van der Waals surface area contributed by atoms with E-state index in [1.807, 2.05) is 49.4 Å². The summed E-state index contributed by atoms with van der Waals surface area (Å²) < 4.78 is 5.72. The lowest BCUT2D eigenvalue weighted by atomic mass is 10.2. The van der Waals surface area contributed by atoms with Gasteiger partial charge >= 0.3 is 0 Å². The maximum Gasteiger partial charge on any atom is 0.256 e. The summed E-state index contributed by atoms with van der Waals surface area (Å²) in [6, 6.07) is 20.7. The average molecular weight is 318 g/mol. The fourth-order valence-corrected chi connectivity index (χ4v) is 2.24. The van der Waals surface area contributed by atoms with Gasteiger partial charge in [-0.25, -0.2) is 4.98 Å². The first-order valence-corrected chi connectivity index (χ1v) is 7.71. The summed E-state index contributed by atoms with van der Waals surface area (Å²) >= 11 is 0. The highest BCUT2D eigenvalue weighted by molar-refractivity contribution is 6.03. The Morgan fingerprint density at radius 3 is 2.50 bits per heavy atom. The van der Waals surface area contributed by atoms with Crippen molar-refractivity contribution in [2.24, 2.45) is 0 Å². The number of aryl methyl sites for hydroxylation is 1. The third kappa shape index (κ3) is 4.20. The van der Waals surface area contributed by atoms with Crippen molar-refractivity contribution in [1.82, 2.24) is 4.98 Å². The van der Waals surface area contributed by atoms with Gasteiger partial charge in [0.2, 0.25) is 0 Å². The summed E-state index contributed by atoms with van der Waals surface area (Å²) in [5, 5.41) is 2.79. The SMILES string of the molecule is Cc1ccnc(NC(=O)c2ccc(OCc3ccccc3)cc2)c1. The maximum atomic E-state index is 12.2. The molecule has 0 fully saturated rings. The summed E-state index contributed by atoms with van der Waals surface area (Å²) in [5.74, 6) is 1.08. The average Bonchev–Trinajstić information content (AvgIpc) is 2.61. The minimum atomic E-state index is -0.192. The van der Waals surface area contributed by atoms with Gasteiger partial charge in [-0.3, -0.25) is 4.79 Å². The normalized spacial score (nSPS) is 10.2. The van der Waals surface area contributed by atoms with Crippen LogP contribution in [0.2, 0.25) is 0 Å². The number of carbonyl (C=O) groups is 1. The fraction of sp³-hybridized carbons (Fsp3) is 0.100. The Morgan fingerprint density at radius 2 is 1.79 bits per heavy atom. The molecular weight excluding hydrogens is 300 g/mol. The van der Waals surface area contributed by atoms with Crippen LogP contribution in [0.15, 0.2) is 72.9 Å². The molecule has 24 heavy (non-hydrogen) atoms. The molecule has 0 aliphatic heterocycles. The quantitative estimate of drug-likeness (QED) is 0.766. The van der Waals surface area contributed by atoms with Crippen molar-refractivity contribution in [3.8, 4) is 5.75 Å². The fourth-order valence-electron chi connectivity index (χ4n) is 2.24. The summed E-state index contributed by atoms with van der Waals surface area (Å²) in [7, 11) is 0. The van der Waals surface area contributed by atoms with Crippen LogP contribution in [0.25, 0.3) is 0 Å². The number of hydrogen-bond acceptors (Lipinski definition) is 3. The zero-order valence-corrected chi connectivity index (χ0v) is 13.4. The lowest BCUT2D eigenvalue weighted by molar-refractivity contribution is 0.102. The van der Waals surface area contributed by atoms with Crippen LogP contribution in [-0.4, -0.2) is 10.9 Å². The third-order valence-electron chi connectivity index (χ3n) is 3.52. The number of aromatic nitrogens is 1. The van der Waals surface area contributed by atoms with Crippen LogP contribution in [0.5, 0.6) is 5.75 Å². The van der Waals surface area contributed by atoms with Crippen LogP contribution in [0.4, 0.5) is 5.82 Å². The molecule has 4 nitrogen and oxygen atoms in total. The topological polar surface area (TPSA) is 51.2 Å². The molecule has 1 heterocycles. The van der Waals surface area contributed by atoms with E-state index in [4.69, 9.17) is 4.74 Å². The van der Waals surface area contributed by atoms with E-state index in [9.17, 15) is 4.79 Å². The Hall–Kier alpha value is -3.14. The minimum absolute atomic E-state index is 0.192. The molecule has 0 aliphatic rings. The van der Waals surface area contributed by atoms with Crippen molar-refractivity contribution in [1.29, 1.82) is 0 Å². The zero-order chi connectivity index (χ0) is 16.8. The first kappa shape index (κ1) is 15.7. The van der Waals surface area contributed by atoms with Crippen LogP contribution in [0, 0.1) is 6.92 Å². The van der Waals surface area contributed by atoms with E-state index < -0.39 is 0 Å². The van der Waals surface area contributed by atoms with E-state index in [0.717, 1.165) is 16.9 Å². The second kappa shape index (κ2) is 7.42. The molecule has 3 rings (SSSR count). The van der Waals surface area contributed by atoms with Gasteiger partial charge in [-0.1, -0.05) is 30.3 Å². The third-order valence-corrected chi connectivity index (χ3v) is 3.52. The van der Waals surface area contributed by atoms with Crippen molar-refractivity contribution in [3.63, 3.8) is 0 Å². The summed E-state index contributed by atoms with van der Waals surface area (Å²) in [4.78, 5) is 16.4. The molecule has 1 N–H and O–H groups in total. The van der Waals surface area contributed by atoms with Gasteiger partial charge in [0, 0.05) is 11.8 Å². The van der Waals surface area contributed by atoms with Gasteiger partial charge in [0.15, 0.2) is 0 Å². The highest BCUT2D eigenvalue weighted by Crippen LogP contribution is 2.15. The van der Waals surface area contributed by atoms with Gasteiger partial charge in [0.25, 0.3) is 5.91 Å². The number of ether oxygens (including phenoxy) is 1. The van der Waals surface area contributed by atoms with Crippen molar-refractivity contribution in [3.05, 3.63) is 89.6 Å². The number of rotatable bonds is 5. The molecule has 120 valence electrons. The van der Waals surface area contributed by atoms with Gasteiger partial charge in [-0.05, 0) is 54.4 Å². The predicted molar refractivity (Wildman–Crippen MR) is 94.1 cm³/mol. The van der Waals surface area contributed by atoms with Gasteiger partial charge in [-0.2, -0.15) is 0 Å². The molecule has 0 radical (unpaired) electrons. The van der Waals surface area contributed by atoms with Crippen molar-refractivity contribution >= 4 is 11.7 Å². The van der Waals surface area contributed by atoms with E-state index in [1.54, 1.807) is 30.5 Å². The number of nitrogens with zero attached hydrogens (tertiary/aromatic N) is 1. The number of carbonyl (C=O) groups excluding carboxylic acids is 1. The monoisotopic (exact) mass is 318 g/mol. The Morgan fingerprint density at radius 1 is 1.04 bits per heavy atom. The van der Waals surface area contributed by atoms with Gasteiger partial charge in [0.1, 0.15) is 18.2 Å². The Bertz CT molecular complexity index is 815. The highest BCUT2D eigenvalue weighted by atomic mass is 16.5. The number of amides is 1. The number of benzene rings is 2. The Kier molecular flexibility index (Phi) is 4.87. The first-order valence-electron chi connectivity index (χ1n) is 7.71. The molecular formula is C20H18N2O2. The standard InChI is InChI=1S/C20H18N2O2/c1-15-11-12-21-19(13-15)22-20(23)17-7-9-18(10-8-17)24-14-16-5-3-2-4-6-16/h2-13H,14H2,1H3,(H,21,22,23). The second-order valence-electron chi connectivity index (χ2n) is 5.47. The lowest BCUT2D eigenvalue weighted by Gasteiger charge is -2.08. The number of pyridine rings is 1. The number of nitrogens with one attached hydrogen (secondary N) is 1. The summed E-state index contributed by atoms with van der Waals surface area (Å²) in [5.41, 5.74) is 2.71. The first-order chi connectivity index (χ1) is 11.7. The van der Waals surface area contributed by atoms with Crippen LogP contribution in [0.3, 0.4) is 0 Å². The van der Waals surface area contributed by atoms with Gasteiger partial charge in [-0.15, -0.1) is 0 Å². The molecule has 2 aromatic carbocycles. The van der Waals surface area contributed by atoms with E-state index in [1.165, 1.54) is 0 Å². The smallest absolute Gasteiger partial charge is 0.256 e. The molecule has 0 spiro atoms. The van der Waals surface area contributed by atoms with Crippen molar-refractivity contribution in [2.75, 3.05) is 5.32 Å². The van der Waals surface area contributed by atoms with Crippen molar-refractivity contribution in [2.45, 2.75) is 13.5 Å². The molecule has 4 heteroatoms. The van der Waals surface area contributed by atoms with Crippen LogP contribution >= 0.6 is 0 Å². The van der Waals surface area contributed by atoms with Crippen LogP contribution in [0.1, 0.15) is 21.5 Å². The molecule has 1 amide bonds. The number of hydrogen-bond donors (Lipinski definition) is 1. The largest absolute Gasteiger partial charge is 0.489 e. The van der Waals surface area contributed by atoms with Gasteiger partial charge in [0.05, 0.1) is 0 Å². The molecule has 0 atom stereocenters. The Labute approximate surface area is 141 Å². The van der Waals surface area contributed by atoms with Crippen LogP contribution in [-0.2, 0) is 6.61 Å². The predicted octanol–water partition coefficient (Wildman–Crippen LogP) is 4.22. The number of anilines is 1. The van der Waals surface area contributed by atoms with Crippen molar-refractivity contribution < 1.29 is 9.53 Å². The molecule has 0 saturated carbocycles. The lowest BCUT2D eigenvalue weighted by Crippen LogP contribution is -2.12. The Balaban J connectivity index is 1.60. The molecule has 1 aromatic heterocycles. The second-order valence-corrected chi connectivity index (χ2v) is 5.47.